The monoisotopic (exact) mass is 218 g/mol. The van der Waals surface area contributed by atoms with Crippen LogP contribution < -0.4 is 0 Å². The van der Waals surface area contributed by atoms with Crippen LogP contribution in [0.2, 0.25) is 0 Å². The molecule has 2 aliphatic rings. The molecule has 2 aliphatic heterocycles. The van der Waals surface area contributed by atoms with E-state index < -0.39 is 0 Å². The minimum atomic E-state index is 0.798. The lowest BCUT2D eigenvalue weighted by Gasteiger charge is -2.40. The van der Waals surface area contributed by atoms with Crippen molar-refractivity contribution < 1.29 is 0 Å². The van der Waals surface area contributed by atoms with Gasteiger partial charge in [-0.25, -0.2) is 9.97 Å². The molecule has 0 amide bonds. The van der Waals surface area contributed by atoms with Gasteiger partial charge in [0.25, 0.3) is 0 Å². The van der Waals surface area contributed by atoms with Gasteiger partial charge in [0.1, 0.15) is 5.82 Å². The molecule has 0 aliphatic carbocycles. The smallest absolute Gasteiger partial charge is 0.125 e. The van der Waals surface area contributed by atoms with Gasteiger partial charge in [0.2, 0.25) is 0 Å². The van der Waals surface area contributed by atoms with Crippen LogP contribution in [0.4, 0.5) is 0 Å². The maximum absolute atomic E-state index is 4.24. The van der Waals surface area contributed by atoms with Gasteiger partial charge in [0.15, 0.2) is 0 Å². The number of rotatable bonds is 2. The Kier molecular flexibility index (Phi) is 2.41. The third-order valence-electron chi connectivity index (χ3n) is 3.81. The molecule has 0 unspecified atom stereocenters. The van der Waals surface area contributed by atoms with Crippen LogP contribution in [0, 0.1) is 12.8 Å². The summed E-state index contributed by atoms with van der Waals surface area (Å²) in [7, 11) is 2.22. The van der Waals surface area contributed by atoms with Crippen LogP contribution >= 0.6 is 0 Å². The van der Waals surface area contributed by atoms with Crippen LogP contribution in [0.15, 0.2) is 12.4 Å². The lowest BCUT2D eigenvalue weighted by Crippen LogP contribution is -2.52. The fourth-order valence-corrected chi connectivity index (χ4v) is 2.88. The molecule has 0 aromatic carbocycles. The highest BCUT2D eigenvalue weighted by Crippen LogP contribution is 2.31. The van der Waals surface area contributed by atoms with Gasteiger partial charge in [0, 0.05) is 56.1 Å². The van der Waals surface area contributed by atoms with Crippen LogP contribution in [0.25, 0.3) is 0 Å². The molecule has 0 radical (unpaired) electrons. The van der Waals surface area contributed by atoms with E-state index in [9.17, 15) is 0 Å². The van der Waals surface area contributed by atoms with Crippen molar-refractivity contribution in [3.8, 4) is 0 Å². The van der Waals surface area contributed by atoms with Crippen molar-refractivity contribution in [3.63, 3.8) is 0 Å². The number of aryl methyl sites for hydroxylation is 1. The van der Waals surface area contributed by atoms with E-state index in [-0.39, 0.29) is 0 Å². The summed E-state index contributed by atoms with van der Waals surface area (Å²) in [5.41, 5.74) is 1.23. The molecule has 4 nitrogen and oxygen atoms in total. The van der Waals surface area contributed by atoms with E-state index >= 15 is 0 Å². The zero-order valence-electron chi connectivity index (χ0n) is 9.93. The number of hydrogen-bond acceptors (Lipinski definition) is 4. The van der Waals surface area contributed by atoms with Gasteiger partial charge in [-0.05, 0) is 14.0 Å². The standard InChI is InChI=1S/C12H18N4/c1-9-13-3-10(4-14-9)5-16-7-11-6-15(2)12(11)8-16/h3-4,11-12H,5-8H2,1-2H3/t11-,12+/m1/s1. The topological polar surface area (TPSA) is 32.3 Å². The zero-order chi connectivity index (χ0) is 11.1. The molecule has 1 aromatic heterocycles. The molecule has 0 N–H and O–H groups in total. The van der Waals surface area contributed by atoms with Crippen molar-refractivity contribution in [1.29, 1.82) is 0 Å². The lowest BCUT2D eigenvalue weighted by atomic mass is 9.93. The second kappa shape index (κ2) is 3.79. The maximum atomic E-state index is 4.24. The van der Waals surface area contributed by atoms with Gasteiger partial charge in [-0.3, -0.25) is 4.90 Å². The Morgan fingerprint density at radius 1 is 1.25 bits per heavy atom. The summed E-state index contributed by atoms with van der Waals surface area (Å²) in [5, 5.41) is 0. The Labute approximate surface area is 96.3 Å². The third kappa shape index (κ3) is 1.72. The number of likely N-dealkylation sites (tertiary alicyclic amines) is 2. The van der Waals surface area contributed by atoms with Gasteiger partial charge in [-0.1, -0.05) is 0 Å². The SMILES string of the molecule is Cc1ncc(CN2C[C@H]3CN(C)[C@H]3C2)cn1. The number of hydrogen-bond donors (Lipinski definition) is 0. The first-order valence-electron chi connectivity index (χ1n) is 5.92. The molecule has 3 heterocycles. The van der Waals surface area contributed by atoms with E-state index in [1.165, 1.54) is 25.2 Å². The first-order valence-corrected chi connectivity index (χ1v) is 5.92. The van der Waals surface area contributed by atoms with Crippen molar-refractivity contribution in [2.45, 2.75) is 19.5 Å². The van der Waals surface area contributed by atoms with Crippen LogP contribution in [-0.2, 0) is 6.54 Å². The minimum Gasteiger partial charge on any atom is -0.301 e. The second-order valence-electron chi connectivity index (χ2n) is 5.10. The first-order chi connectivity index (χ1) is 7.72. The highest BCUT2D eigenvalue weighted by molar-refractivity contribution is 5.07. The molecule has 2 atom stereocenters. The van der Waals surface area contributed by atoms with E-state index in [0.29, 0.717) is 0 Å². The average Bonchev–Trinajstić information content (AvgIpc) is 2.59. The summed E-state index contributed by atoms with van der Waals surface area (Å²) in [4.78, 5) is 13.5. The van der Waals surface area contributed by atoms with E-state index in [1.54, 1.807) is 0 Å². The largest absolute Gasteiger partial charge is 0.301 e. The van der Waals surface area contributed by atoms with E-state index in [4.69, 9.17) is 0 Å². The molecule has 86 valence electrons. The molecule has 2 fully saturated rings. The highest BCUT2D eigenvalue weighted by Gasteiger charge is 2.43. The summed E-state index contributed by atoms with van der Waals surface area (Å²) in [6.45, 7) is 6.64. The molecule has 16 heavy (non-hydrogen) atoms. The number of nitrogens with zero attached hydrogens (tertiary/aromatic N) is 4. The molecule has 2 saturated heterocycles. The van der Waals surface area contributed by atoms with Crippen molar-refractivity contribution in [3.05, 3.63) is 23.8 Å². The Bertz CT molecular complexity index is 375. The summed E-state index contributed by atoms with van der Waals surface area (Å²) in [5.74, 6) is 1.75. The highest BCUT2D eigenvalue weighted by atomic mass is 15.3. The second-order valence-corrected chi connectivity index (χ2v) is 5.10. The Hall–Kier alpha value is -1.00. The third-order valence-corrected chi connectivity index (χ3v) is 3.81. The van der Waals surface area contributed by atoms with Crippen LogP contribution in [-0.4, -0.2) is 52.5 Å². The Morgan fingerprint density at radius 3 is 2.62 bits per heavy atom. The van der Waals surface area contributed by atoms with Gasteiger partial charge in [-0.15, -0.1) is 0 Å². The van der Waals surface area contributed by atoms with E-state index in [1.807, 2.05) is 19.3 Å². The van der Waals surface area contributed by atoms with Gasteiger partial charge in [-0.2, -0.15) is 0 Å². The number of fused-ring (bicyclic) bond motifs is 1. The van der Waals surface area contributed by atoms with Crippen molar-refractivity contribution in [2.75, 3.05) is 26.7 Å². The van der Waals surface area contributed by atoms with E-state index in [2.05, 4.69) is 26.8 Å². The van der Waals surface area contributed by atoms with Crippen LogP contribution in [0.3, 0.4) is 0 Å². The Balaban J connectivity index is 1.62. The molecular formula is C12H18N4. The zero-order valence-corrected chi connectivity index (χ0v) is 9.93. The maximum Gasteiger partial charge on any atom is 0.125 e. The first kappa shape index (κ1) is 10.2. The molecule has 0 bridgehead atoms. The van der Waals surface area contributed by atoms with Crippen LogP contribution in [0.5, 0.6) is 0 Å². The van der Waals surface area contributed by atoms with Gasteiger partial charge < -0.3 is 4.90 Å². The summed E-state index contributed by atoms with van der Waals surface area (Å²) < 4.78 is 0. The quantitative estimate of drug-likeness (QED) is 0.725. The molecular weight excluding hydrogens is 200 g/mol. The summed E-state index contributed by atoms with van der Waals surface area (Å²) in [6, 6.07) is 0.798. The van der Waals surface area contributed by atoms with Crippen molar-refractivity contribution >= 4 is 0 Å². The molecule has 1 aromatic rings. The van der Waals surface area contributed by atoms with Crippen LogP contribution in [0.1, 0.15) is 11.4 Å². The summed E-state index contributed by atoms with van der Waals surface area (Å²) in [6.07, 6.45) is 3.90. The molecule has 4 heteroatoms. The lowest BCUT2D eigenvalue weighted by molar-refractivity contribution is 0.0825. The average molecular weight is 218 g/mol. The number of aromatic nitrogens is 2. The Morgan fingerprint density at radius 2 is 2.00 bits per heavy atom. The van der Waals surface area contributed by atoms with Gasteiger partial charge >= 0.3 is 0 Å². The fourth-order valence-electron chi connectivity index (χ4n) is 2.88. The van der Waals surface area contributed by atoms with Crippen molar-refractivity contribution in [2.24, 2.45) is 5.92 Å². The summed E-state index contributed by atoms with van der Waals surface area (Å²) >= 11 is 0. The van der Waals surface area contributed by atoms with Gasteiger partial charge in [0.05, 0.1) is 0 Å². The normalized spacial score (nSPS) is 30.1. The molecule has 0 saturated carbocycles. The predicted octanol–water partition coefficient (Wildman–Crippen LogP) is 0.531. The minimum absolute atomic E-state index is 0.798. The van der Waals surface area contributed by atoms with E-state index in [0.717, 1.165) is 24.3 Å². The van der Waals surface area contributed by atoms with Crippen molar-refractivity contribution in [1.82, 2.24) is 19.8 Å². The molecule has 3 rings (SSSR count). The fraction of sp³-hybridized carbons (Fsp3) is 0.667. The predicted molar refractivity (Wildman–Crippen MR) is 62.0 cm³/mol. The number of likely N-dealkylation sites (N-methyl/N-ethyl adjacent to an activating group) is 1. The molecule has 0 spiro atoms.